The van der Waals surface area contributed by atoms with Gasteiger partial charge in [0.25, 0.3) is 0 Å². The number of hydrogen-bond donors (Lipinski definition) is 2. The molecule has 5 heteroatoms. The lowest BCUT2D eigenvalue weighted by atomic mass is 10.2. The highest BCUT2D eigenvalue weighted by atomic mass is 32.2. The van der Waals surface area contributed by atoms with Crippen LogP contribution in [-0.2, 0) is 12.2 Å². The maximum absolute atomic E-state index is 5.42. The molecular weight excluding hydrogens is 256 g/mol. The van der Waals surface area contributed by atoms with Gasteiger partial charge in [-0.15, -0.1) is 11.8 Å². The first kappa shape index (κ1) is 13.8. The van der Waals surface area contributed by atoms with Gasteiger partial charge >= 0.3 is 0 Å². The molecule has 1 aromatic carbocycles. The third-order valence-electron chi connectivity index (χ3n) is 2.68. The molecule has 0 bridgehead atoms. The van der Waals surface area contributed by atoms with Crippen LogP contribution >= 0.6 is 11.8 Å². The Morgan fingerprint density at radius 2 is 2.11 bits per heavy atom. The van der Waals surface area contributed by atoms with E-state index in [0.717, 1.165) is 23.0 Å². The molecule has 100 valence electrons. The summed E-state index contributed by atoms with van der Waals surface area (Å²) in [5, 5.41) is 0.946. The fraction of sp³-hybridized carbons (Fsp3) is 0.286. The molecule has 0 saturated carbocycles. The van der Waals surface area contributed by atoms with E-state index in [9.17, 15) is 0 Å². The quantitative estimate of drug-likeness (QED) is 0.380. The highest BCUT2D eigenvalue weighted by Gasteiger charge is 2.04. The predicted octanol–water partition coefficient (Wildman–Crippen LogP) is 2.93. The maximum Gasteiger partial charge on any atom is 0.144 e. The zero-order chi connectivity index (χ0) is 13.7. The van der Waals surface area contributed by atoms with Gasteiger partial charge in [-0.3, -0.25) is 0 Å². The van der Waals surface area contributed by atoms with Crippen LogP contribution < -0.4 is 11.3 Å². The van der Waals surface area contributed by atoms with Gasteiger partial charge in [0, 0.05) is 18.2 Å². The van der Waals surface area contributed by atoms with E-state index in [4.69, 9.17) is 5.84 Å². The minimum Gasteiger partial charge on any atom is -0.308 e. The molecule has 4 nitrogen and oxygen atoms in total. The fourth-order valence-corrected chi connectivity index (χ4v) is 2.60. The third kappa shape index (κ3) is 3.94. The van der Waals surface area contributed by atoms with Gasteiger partial charge in [0.1, 0.15) is 16.7 Å². The molecule has 2 aromatic rings. The van der Waals surface area contributed by atoms with Crippen LogP contribution in [0.2, 0.25) is 0 Å². The van der Waals surface area contributed by atoms with Gasteiger partial charge in [-0.05, 0) is 12.5 Å². The van der Waals surface area contributed by atoms with Crippen molar-refractivity contribution in [3.05, 3.63) is 47.3 Å². The maximum atomic E-state index is 5.42. The zero-order valence-electron chi connectivity index (χ0n) is 11.2. The minimum atomic E-state index is 0.665. The fourth-order valence-electron chi connectivity index (χ4n) is 1.74. The largest absolute Gasteiger partial charge is 0.308 e. The number of anilines is 1. The molecule has 1 aromatic heterocycles. The monoisotopic (exact) mass is 274 g/mol. The van der Waals surface area contributed by atoms with Gasteiger partial charge in [0.05, 0.1) is 0 Å². The Labute approximate surface area is 117 Å². The van der Waals surface area contributed by atoms with Gasteiger partial charge in [0.15, 0.2) is 0 Å². The lowest BCUT2D eigenvalue weighted by Gasteiger charge is -2.06. The number of rotatable bonds is 5. The van der Waals surface area contributed by atoms with Crippen molar-refractivity contribution >= 4 is 17.6 Å². The van der Waals surface area contributed by atoms with Gasteiger partial charge in [-0.2, -0.15) is 0 Å². The molecule has 0 aliphatic heterocycles. The van der Waals surface area contributed by atoms with E-state index in [1.807, 2.05) is 13.0 Å². The molecule has 0 amide bonds. The smallest absolute Gasteiger partial charge is 0.144 e. The number of aromatic nitrogens is 2. The van der Waals surface area contributed by atoms with Gasteiger partial charge in [-0.25, -0.2) is 15.8 Å². The van der Waals surface area contributed by atoms with Crippen LogP contribution in [-0.4, -0.2) is 9.97 Å². The molecule has 0 unspecified atom stereocenters. The second-order valence-electron chi connectivity index (χ2n) is 4.28. The van der Waals surface area contributed by atoms with Crippen LogP contribution in [0.1, 0.15) is 23.9 Å². The van der Waals surface area contributed by atoms with Crippen LogP contribution in [0, 0.1) is 6.92 Å². The number of nitrogens with one attached hydrogen (secondary N) is 1. The van der Waals surface area contributed by atoms with Crippen molar-refractivity contribution in [3.8, 4) is 0 Å². The van der Waals surface area contributed by atoms with E-state index in [-0.39, 0.29) is 0 Å². The third-order valence-corrected chi connectivity index (χ3v) is 3.66. The van der Waals surface area contributed by atoms with Crippen molar-refractivity contribution in [1.29, 1.82) is 0 Å². The van der Waals surface area contributed by atoms with Crippen molar-refractivity contribution in [2.24, 2.45) is 5.84 Å². The molecule has 0 aliphatic rings. The summed E-state index contributed by atoms with van der Waals surface area (Å²) in [6.45, 7) is 4.13. The average molecular weight is 274 g/mol. The standard InChI is InChI=1S/C14H18N4S/c1-3-12-16-13(18-15)8-14(17-12)19-9-11-6-4-5-10(2)7-11/h4-8H,3,9,15H2,1-2H3,(H,16,17,18). The highest BCUT2D eigenvalue weighted by Crippen LogP contribution is 2.23. The second kappa shape index (κ2) is 6.54. The Bertz CT molecular complexity index is 535. The Morgan fingerprint density at radius 3 is 2.79 bits per heavy atom. The van der Waals surface area contributed by atoms with Crippen molar-refractivity contribution in [1.82, 2.24) is 9.97 Å². The molecule has 0 spiro atoms. The van der Waals surface area contributed by atoms with Crippen molar-refractivity contribution in [2.75, 3.05) is 5.43 Å². The Kier molecular flexibility index (Phi) is 4.76. The SMILES string of the molecule is CCc1nc(NN)cc(SCc2cccc(C)c2)n1. The second-order valence-corrected chi connectivity index (χ2v) is 5.28. The summed E-state index contributed by atoms with van der Waals surface area (Å²) in [6.07, 6.45) is 0.799. The van der Waals surface area contributed by atoms with Gasteiger partial charge in [-0.1, -0.05) is 36.8 Å². The summed E-state index contributed by atoms with van der Waals surface area (Å²) < 4.78 is 0. The Hall–Kier alpha value is -1.59. The van der Waals surface area contributed by atoms with E-state index >= 15 is 0 Å². The first-order chi connectivity index (χ1) is 9.21. The molecule has 0 saturated heterocycles. The van der Waals surface area contributed by atoms with Crippen molar-refractivity contribution in [3.63, 3.8) is 0 Å². The topological polar surface area (TPSA) is 63.8 Å². The number of nitrogens with zero attached hydrogens (tertiary/aromatic N) is 2. The average Bonchev–Trinajstić information content (AvgIpc) is 2.44. The molecule has 0 fully saturated rings. The summed E-state index contributed by atoms with van der Waals surface area (Å²) in [4.78, 5) is 8.77. The normalized spacial score (nSPS) is 10.5. The summed E-state index contributed by atoms with van der Waals surface area (Å²) in [6, 6.07) is 10.4. The summed E-state index contributed by atoms with van der Waals surface area (Å²) in [7, 11) is 0. The molecule has 0 radical (unpaired) electrons. The number of nitrogens with two attached hydrogens (primary N) is 1. The zero-order valence-corrected chi connectivity index (χ0v) is 12.0. The first-order valence-corrected chi connectivity index (χ1v) is 7.22. The lowest BCUT2D eigenvalue weighted by Crippen LogP contribution is -2.10. The Balaban J connectivity index is 2.10. The van der Waals surface area contributed by atoms with E-state index < -0.39 is 0 Å². The van der Waals surface area contributed by atoms with Crippen LogP contribution in [0.25, 0.3) is 0 Å². The molecule has 3 N–H and O–H groups in total. The number of aryl methyl sites for hydroxylation is 2. The summed E-state index contributed by atoms with van der Waals surface area (Å²) in [5.41, 5.74) is 5.16. The number of hydrazine groups is 1. The summed E-state index contributed by atoms with van der Waals surface area (Å²) >= 11 is 1.69. The summed E-state index contributed by atoms with van der Waals surface area (Å²) in [5.74, 6) is 7.79. The molecule has 1 heterocycles. The molecule has 19 heavy (non-hydrogen) atoms. The van der Waals surface area contributed by atoms with E-state index in [1.54, 1.807) is 11.8 Å². The van der Waals surface area contributed by atoms with Crippen LogP contribution in [0.5, 0.6) is 0 Å². The molecule has 0 aliphatic carbocycles. The van der Waals surface area contributed by atoms with Crippen molar-refractivity contribution in [2.45, 2.75) is 31.0 Å². The number of thioether (sulfide) groups is 1. The van der Waals surface area contributed by atoms with E-state index in [0.29, 0.717) is 5.82 Å². The molecule has 0 atom stereocenters. The minimum absolute atomic E-state index is 0.665. The van der Waals surface area contributed by atoms with E-state index in [2.05, 4.69) is 46.6 Å². The van der Waals surface area contributed by atoms with E-state index in [1.165, 1.54) is 11.1 Å². The predicted molar refractivity (Wildman–Crippen MR) is 80.0 cm³/mol. The van der Waals surface area contributed by atoms with Crippen molar-refractivity contribution < 1.29 is 0 Å². The van der Waals surface area contributed by atoms with Crippen LogP contribution in [0.15, 0.2) is 35.4 Å². The number of hydrogen-bond acceptors (Lipinski definition) is 5. The number of nitrogen functional groups attached to an aromatic ring is 1. The van der Waals surface area contributed by atoms with Gasteiger partial charge < -0.3 is 5.43 Å². The first-order valence-electron chi connectivity index (χ1n) is 6.24. The lowest BCUT2D eigenvalue weighted by molar-refractivity contribution is 0.888. The molecule has 2 rings (SSSR count). The van der Waals surface area contributed by atoms with Gasteiger partial charge in [0.2, 0.25) is 0 Å². The highest BCUT2D eigenvalue weighted by molar-refractivity contribution is 7.98. The Morgan fingerprint density at radius 1 is 1.26 bits per heavy atom. The molecular formula is C14H18N4S. The number of benzene rings is 1. The van der Waals surface area contributed by atoms with Crippen LogP contribution in [0.4, 0.5) is 5.82 Å². The van der Waals surface area contributed by atoms with Crippen LogP contribution in [0.3, 0.4) is 0 Å².